The number of amides is 2. The zero-order valence-electron chi connectivity index (χ0n) is 16.9. The molecule has 2 aliphatic heterocycles. The summed E-state index contributed by atoms with van der Waals surface area (Å²) in [5.41, 5.74) is 0.551. The van der Waals surface area contributed by atoms with Gasteiger partial charge in [0.05, 0.1) is 19.8 Å². The Morgan fingerprint density at radius 1 is 0.933 bits per heavy atom. The fourth-order valence-electron chi connectivity index (χ4n) is 3.58. The average molecular weight is 410 g/mol. The fraction of sp³-hybridized carbons (Fsp3) is 0.429. The van der Waals surface area contributed by atoms with Gasteiger partial charge < -0.3 is 24.8 Å². The van der Waals surface area contributed by atoms with Crippen LogP contribution in [0.3, 0.4) is 0 Å². The molecule has 2 aromatic rings. The summed E-state index contributed by atoms with van der Waals surface area (Å²) < 4.78 is 5.39. The van der Waals surface area contributed by atoms with Crippen LogP contribution in [0.5, 0.6) is 0 Å². The summed E-state index contributed by atoms with van der Waals surface area (Å²) in [5.74, 6) is 1.28. The van der Waals surface area contributed by atoms with Gasteiger partial charge in [-0.2, -0.15) is 4.98 Å². The van der Waals surface area contributed by atoms with E-state index >= 15 is 0 Å². The number of rotatable bonds is 5. The molecular formula is C21H26N6O3. The third kappa shape index (κ3) is 4.85. The van der Waals surface area contributed by atoms with Crippen LogP contribution in [0.4, 0.5) is 11.8 Å². The number of ether oxygens (including phenoxy) is 1. The zero-order valence-corrected chi connectivity index (χ0v) is 16.9. The Kier molecular flexibility index (Phi) is 6.38. The van der Waals surface area contributed by atoms with Crippen molar-refractivity contribution in [3.63, 3.8) is 0 Å². The van der Waals surface area contributed by atoms with Gasteiger partial charge in [-0.15, -0.1) is 0 Å². The number of aromatic nitrogens is 2. The van der Waals surface area contributed by atoms with Gasteiger partial charge in [-0.05, 0) is 18.2 Å². The largest absolute Gasteiger partial charge is 0.378 e. The number of nitrogens with zero attached hydrogens (tertiary/aromatic N) is 5. The topological polar surface area (TPSA) is 90.9 Å². The summed E-state index contributed by atoms with van der Waals surface area (Å²) in [4.78, 5) is 39.8. The molecule has 9 nitrogen and oxygen atoms in total. The van der Waals surface area contributed by atoms with Gasteiger partial charge >= 0.3 is 0 Å². The number of hydrogen-bond donors (Lipinski definition) is 1. The number of morpholine rings is 1. The summed E-state index contributed by atoms with van der Waals surface area (Å²) in [5, 5.41) is 2.70. The molecule has 3 heterocycles. The molecular weight excluding hydrogens is 384 g/mol. The smallest absolute Gasteiger partial charge is 0.251 e. The summed E-state index contributed by atoms with van der Waals surface area (Å²) in [6.45, 7) is 5.54. The molecule has 1 aromatic heterocycles. The van der Waals surface area contributed by atoms with E-state index in [0.29, 0.717) is 45.0 Å². The van der Waals surface area contributed by atoms with Crippen molar-refractivity contribution >= 4 is 23.6 Å². The van der Waals surface area contributed by atoms with Crippen LogP contribution >= 0.6 is 0 Å². The summed E-state index contributed by atoms with van der Waals surface area (Å²) >= 11 is 0. The van der Waals surface area contributed by atoms with Gasteiger partial charge in [-0.25, -0.2) is 4.98 Å². The molecule has 2 aliphatic rings. The highest BCUT2D eigenvalue weighted by Gasteiger charge is 2.23. The van der Waals surface area contributed by atoms with Crippen LogP contribution in [0.25, 0.3) is 0 Å². The Morgan fingerprint density at radius 3 is 2.40 bits per heavy atom. The Hall–Kier alpha value is -3.20. The number of carbonyl (C=O) groups excluding carboxylic acids is 2. The molecule has 0 atom stereocenters. The normalized spacial score (nSPS) is 17.0. The predicted molar refractivity (Wildman–Crippen MR) is 113 cm³/mol. The minimum Gasteiger partial charge on any atom is -0.378 e. The van der Waals surface area contributed by atoms with Gasteiger partial charge in [-0.3, -0.25) is 9.59 Å². The van der Waals surface area contributed by atoms with Crippen LogP contribution in [0.15, 0.2) is 42.6 Å². The Morgan fingerprint density at radius 2 is 1.67 bits per heavy atom. The SMILES string of the molecule is O=C(NCC(=O)N1CCN(c2ccnc(N3CCOCC3)n2)CC1)c1ccccc1. The van der Waals surface area contributed by atoms with E-state index in [1.54, 1.807) is 35.4 Å². The molecule has 0 bridgehead atoms. The van der Waals surface area contributed by atoms with Gasteiger partial charge in [0, 0.05) is 51.0 Å². The van der Waals surface area contributed by atoms with Gasteiger partial charge in [-0.1, -0.05) is 18.2 Å². The van der Waals surface area contributed by atoms with Crippen molar-refractivity contribution < 1.29 is 14.3 Å². The molecule has 2 saturated heterocycles. The van der Waals surface area contributed by atoms with Crippen molar-refractivity contribution in [2.45, 2.75) is 0 Å². The quantitative estimate of drug-likeness (QED) is 0.763. The van der Waals surface area contributed by atoms with E-state index < -0.39 is 0 Å². The van der Waals surface area contributed by atoms with Crippen LogP contribution in [-0.2, 0) is 9.53 Å². The molecule has 0 radical (unpaired) electrons. The fourth-order valence-corrected chi connectivity index (χ4v) is 3.58. The summed E-state index contributed by atoms with van der Waals surface area (Å²) in [6.07, 6.45) is 1.78. The number of nitrogens with one attached hydrogen (secondary N) is 1. The Labute approximate surface area is 175 Å². The second kappa shape index (κ2) is 9.53. The van der Waals surface area contributed by atoms with Crippen LogP contribution in [0.1, 0.15) is 10.4 Å². The van der Waals surface area contributed by atoms with Gasteiger partial charge in [0.1, 0.15) is 5.82 Å². The molecule has 1 N–H and O–H groups in total. The lowest BCUT2D eigenvalue weighted by Crippen LogP contribution is -2.51. The van der Waals surface area contributed by atoms with E-state index in [2.05, 4.69) is 20.1 Å². The number of benzene rings is 1. The number of anilines is 2. The first-order valence-electron chi connectivity index (χ1n) is 10.2. The maximum atomic E-state index is 12.5. The van der Waals surface area contributed by atoms with Gasteiger partial charge in [0.25, 0.3) is 5.91 Å². The van der Waals surface area contributed by atoms with E-state index in [4.69, 9.17) is 9.72 Å². The monoisotopic (exact) mass is 410 g/mol. The van der Waals surface area contributed by atoms with Crippen LogP contribution in [-0.4, -0.2) is 85.7 Å². The van der Waals surface area contributed by atoms with Gasteiger partial charge in [0.2, 0.25) is 11.9 Å². The molecule has 4 rings (SSSR count). The minimum absolute atomic E-state index is 0.00239. The van der Waals surface area contributed by atoms with E-state index in [1.807, 2.05) is 12.1 Å². The third-order valence-corrected chi connectivity index (χ3v) is 5.31. The second-order valence-corrected chi connectivity index (χ2v) is 7.23. The lowest BCUT2D eigenvalue weighted by atomic mass is 10.2. The van der Waals surface area contributed by atoms with Crippen LogP contribution in [0.2, 0.25) is 0 Å². The van der Waals surface area contributed by atoms with E-state index in [1.165, 1.54) is 0 Å². The highest BCUT2D eigenvalue weighted by Crippen LogP contribution is 2.17. The number of hydrogen-bond acceptors (Lipinski definition) is 7. The molecule has 0 unspecified atom stereocenters. The average Bonchev–Trinajstić information content (AvgIpc) is 2.83. The predicted octanol–water partition coefficient (Wildman–Crippen LogP) is 0.392. The molecule has 2 fully saturated rings. The standard InChI is InChI=1S/C21H26N6O3/c28-19(16-23-20(29)17-4-2-1-3-5-17)26-10-8-25(9-11-26)18-6-7-22-21(24-18)27-12-14-30-15-13-27/h1-7H,8-16H2,(H,23,29). The second-order valence-electron chi connectivity index (χ2n) is 7.23. The summed E-state index contributed by atoms with van der Waals surface area (Å²) in [6, 6.07) is 10.8. The molecule has 0 spiro atoms. The van der Waals surface area contributed by atoms with Crippen LogP contribution in [0, 0.1) is 0 Å². The maximum Gasteiger partial charge on any atom is 0.251 e. The zero-order chi connectivity index (χ0) is 20.8. The molecule has 158 valence electrons. The molecule has 0 saturated carbocycles. The van der Waals surface area contributed by atoms with Gasteiger partial charge in [0.15, 0.2) is 0 Å². The van der Waals surface area contributed by atoms with Crippen molar-refractivity contribution in [3.8, 4) is 0 Å². The molecule has 30 heavy (non-hydrogen) atoms. The molecule has 1 aromatic carbocycles. The van der Waals surface area contributed by atoms with Crippen molar-refractivity contribution in [2.75, 3.05) is 68.8 Å². The lowest BCUT2D eigenvalue weighted by molar-refractivity contribution is -0.130. The Balaban J connectivity index is 1.27. The number of piperazine rings is 1. The minimum atomic E-state index is -0.237. The molecule has 9 heteroatoms. The first-order chi connectivity index (χ1) is 14.7. The van der Waals surface area contributed by atoms with Crippen LogP contribution < -0.4 is 15.1 Å². The highest BCUT2D eigenvalue weighted by atomic mass is 16.5. The van der Waals surface area contributed by atoms with Crippen molar-refractivity contribution in [1.82, 2.24) is 20.2 Å². The highest BCUT2D eigenvalue weighted by molar-refractivity contribution is 5.96. The third-order valence-electron chi connectivity index (χ3n) is 5.31. The molecule has 0 aliphatic carbocycles. The maximum absolute atomic E-state index is 12.5. The number of carbonyl (C=O) groups is 2. The van der Waals surface area contributed by atoms with E-state index in [9.17, 15) is 9.59 Å². The Bertz CT molecular complexity index is 864. The lowest BCUT2D eigenvalue weighted by Gasteiger charge is -2.36. The first kappa shape index (κ1) is 20.1. The molecule has 2 amide bonds. The van der Waals surface area contributed by atoms with Crippen molar-refractivity contribution in [1.29, 1.82) is 0 Å². The summed E-state index contributed by atoms with van der Waals surface area (Å²) in [7, 11) is 0. The van der Waals surface area contributed by atoms with E-state index in [-0.39, 0.29) is 18.4 Å². The first-order valence-corrected chi connectivity index (χ1v) is 10.2. The van der Waals surface area contributed by atoms with E-state index in [0.717, 1.165) is 24.9 Å². The van der Waals surface area contributed by atoms with Crippen molar-refractivity contribution in [2.24, 2.45) is 0 Å². The van der Waals surface area contributed by atoms with Crippen molar-refractivity contribution in [3.05, 3.63) is 48.2 Å².